The fraction of sp³-hybridized carbons (Fsp3) is 0.650. The third-order valence-electron chi connectivity index (χ3n) is 4.60. The molecule has 0 amide bonds. The van der Waals surface area contributed by atoms with Crippen LogP contribution in [-0.4, -0.2) is 5.97 Å². The molecule has 2 rings (SSSR count). The van der Waals surface area contributed by atoms with Gasteiger partial charge in [0.1, 0.15) is 6.10 Å². The molecule has 0 saturated carbocycles. The minimum Gasteiger partial charge on any atom is -0.454 e. The van der Waals surface area contributed by atoms with Crippen molar-refractivity contribution in [2.75, 3.05) is 0 Å². The van der Waals surface area contributed by atoms with Crippen molar-refractivity contribution in [1.29, 1.82) is 0 Å². The molecule has 0 aromatic heterocycles. The summed E-state index contributed by atoms with van der Waals surface area (Å²) in [4.78, 5) is 11.7. The molecule has 0 aliphatic carbocycles. The summed E-state index contributed by atoms with van der Waals surface area (Å²) in [5.41, 5.74) is 1.85. The van der Waals surface area contributed by atoms with E-state index in [1.165, 1.54) is 57.8 Å². The van der Waals surface area contributed by atoms with Gasteiger partial charge in [-0.1, -0.05) is 82.9 Å². The lowest BCUT2D eigenvalue weighted by Gasteiger charge is -2.10. The first-order valence-corrected chi connectivity index (χ1v) is 9.13. The number of rotatable bonds is 11. The number of hydrogen-bond donors (Lipinski definition) is 0. The second kappa shape index (κ2) is 9.66. The van der Waals surface area contributed by atoms with Crippen LogP contribution in [0.25, 0.3) is 0 Å². The lowest BCUT2D eigenvalue weighted by molar-refractivity contribution is 0.0363. The molecule has 1 aromatic rings. The van der Waals surface area contributed by atoms with Gasteiger partial charge in [-0.05, 0) is 18.9 Å². The second-order valence-corrected chi connectivity index (χ2v) is 6.45. The van der Waals surface area contributed by atoms with Crippen LogP contribution in [0.1, 0.15) is 99.6 Å². The fourth-order valence-electron chi connectivity index (χ4n) is 3.25. The minimum atomic E-state index is -0.146. The van der Waals surface area contributed by atoms with Crippen molar-refractivity contribution < 1.29 is 9.53 Å². The fourth-order valence-corrected chi connectivity index (χ4v) is 3.25. The predicted octanol–water partition coefficient (Wildman–Crippen LogP) is 6.21. The Hall–Kier alpha value is -1.31. The summed E-state index contributed by atoms with van der Waals surface area (Å²) < 4.78 is 5.48. The second-order valence-electron chi connectivity index (χ2n) is 6.45. The van der Waals surface area contributed by atoms with Crippen molar-refractivity contribution >= 4 is 5.97 Å². The van der Waals surface area contributed by atoms with Crippen LogP contribution in [0.15, 0.2) is 24.3 Å². The van der Waals surface area contributed by atoms with Gasteiger partial charge in [0.2, 0.25) is 0 Å². The standard InChI is InChI=1S/C20H30O2/c1-2-3-4-5-6-7-8-9-10-11-16-19-17-14-12-13-15-18(17)20(21)22-19/h12-15,19H,2-11,16H2,1H3. The maximum Gasteiger partial charge on any atom is 0.339 e. The number of cyclic esters (lactones) is 1. The number of unbranched alkanes of at least 4 members (excludes halogenated alkanes) is 9. The molecule has 0 saturated heterocycles. The van der Waals surface area contributed by atoms with E-state index >= 15 is 0 Å². The molecule has 22 heavy (non-hydrogen) atoms. The van der Waals surface area contributed by atoms with Crippen LogP contribution in [0.4, 0.5) is 0 Å². The molecule has 1 heterocycles. The molecule has 1 unspecified atom stereocenters. The van der Waals surface area contributed by atoms with Gasteiger partial charge in [-0.25, -0.2) is 4.79 Å². The van der Waals surface area contributed by atoms with Gasteiger partial charge in [0.25, 0.3) is 0 Å². The van der Waals surface area contributed by atoms with Gasteiger partial charge in [-0.3, -0.25) is 0 Å². The molecule has 0 bridgehead atoms. The van der Waals surface area contributed by atoms with Crippen LogP contribution in [0.2, 0.25) is 0 Å². The SMILES string of the molecule is CCCCCCCCCCCCC1OC(=O)c2ccccc21. The largest absolute Gasteiger partial charge is 0.454 e. The summed E-state index contributed by atoms with van der Waals surface area (Å²) in [5, 5.41) is 0. The molecule has 0 N–H and O–H groups in total. The van der Waals surface area contributed by atoms with E-state index in [1.807, 2.05) is 24.3 Å². The molecule has 1 aromatic carbocycles. The Kier molecular flexibility index (Phi) is 7.48. The highest BCUT2D eigenvalue weighted by molar-refractivity contribution is 5.93. The van der Waals surface area contributed by atoms with Gasteiger partial charge in [0, 0.05) is 5.56 Å². The quantitative estimate of drug-likeness (QED) is 0.359. The Balaban J connectivity index is 1.52. The van der Waals surface area contributed by atoms with E-state index in [0.29, 0.717) is 0 Å². The van der Waals surface area contributed by atoms with Gasteiger partial charge in [0.05, 0.1) is 5.56 Å². The van der Waals surface area contributed by atoms with Crippen LogP contribution in [0.5, 0.6) is 0 Å². The Labute approximate surface area is 135 Å². The molecule has 2 heteroatoms. The highest BCUT2D eigenvalue weighted by Gasteiger charge is 2.29. The maximum atomic E-state index is 11.7. The molecule has 1 aliphatic rings. The summed E-state index contributed by atoms with van der Waals surface area (Å²) in [6.07, 6.45) is 14.4. The number of carbonyl (C=O) groups excluding carboxylic acids is 1. The number of benzene rings is 1. The van der Waals surface area contributed by atoms with Crippen molar-refractivity contribution in [3.05, 3.63) is 35.4 Å². The van der Waals surface area contributed by atoms with E-state index < -0.39 is 0 Å². The van der Waals surface area contributed by atoms with E-state index in [0.717, 1.165) is 24.0 Å². The first-order chi connectivity index (χ1) is 10.8. The number of hydrogen-bond acceptors (Lipinski definition) is 2. The van der Waals surface area contributed by atoms with Crippen LogP contribution in [-0.2, 0) is 4.74 Å². The van der Waals surface area contributed by atoms with Crippen LogP contribution < -0.4 is 0 Å². The van der Waals surface area contributed by atoms with Crippen molar-refractivity contribution in [1.82, 2.24) is 0 Å². The first-order valence-electron chi connectivity index (χ1n) is 9.13. The topological polar surface area (TPSA) is 26.3 Å². The van der Waals surface area contributed by atoms with Crippen LogP contribution >= 0.6 is 0 Å². The van der Waals surface area contributed by atoms with Gasteiger partial charge >= 0.3 is 5.97 Å². The van der Waals surface area contributed by atoms with Gasteiger partial charge in [-0.2, -0.15) is 0 Å². The Morgan fingerprint density at radius 2 is 1.45 bits per heavy atom. The van der Waals surface area contributed by atoms with E-state index in [4.69, 9.17) is 4.74 Å². The van der Waals surface area contributed by atoms with E-state index in [-0.39, 0.29) is 12.1 Å². The van der Waals surface area contributed by atoms with Gasteiger partial charge in [-0.15, -0.1) is 0 Å². The van der Waals surface area contributed by atoms with Crippen molar-refractivity contribution in [2.45, 2.75) is 83.7 Å². The molecule has 1 atom stereocenters. The third-order valence-corrected chi connectivity index (χ3v) is 4.60. The maximum absolute atomic E-state index is 11.7. The summed E-state index contributed by atoms with van der Waals surface area (Å²) in [6, 6.07) is 7.80. The van der Waals surface area contributed by atoms with Crippen molar-refractivity contribution in [3.63, 3.8) is 0 Å². The van der Waals surface area contributed by atoms with Crippen LogP contribution in [0, 0.1) is 0 Å². The Morgan fingerprint density at radius 3 is 2.14 bits per heavy atom. The number of carbonyl (C=O) groups is 1. The molecular weight excluding hydrogens is 272 g/mol. The number of fused-ring (bicyclic) bond motifs is 1. The molecule has 1 aliphatic heterocycles. The summed E-state index contributed by atoms with van der Waals surface area (Å²) in [5.74, 6) is -0.146. The van der Waals surface area contributed by atoms with Crippen LogP contribution in [0.3, 0.4) is 0 Å². The number of ether oxygens (including phenoxy) is 1. The number of esters is 1. The van der Waals surface area contributed by atoms with Gasteiger partial charge in [0.15, 0.2) is 0 Å². The zero-order chi connectivity index (χ0) is 15.6. The van der Waals surface area contributed by atoms with E-state index in [9.17, 15) is 4.79 Å². The molecule has 0 fully saturated rings. The summed E-state index contributed by atoms with van der Waals surface area (Å²) >= 11 is 0. The zero-order valence-electron chi connectivity index (χ0n) is 14.0. The Morgan fingerprint density at radius 1 is 0.864 bits per heavy atom. The molecule has 0 radical (unpaired) electrons. The first kappa shape index (κ1) is 17.1. The highest BCUT2D eigenvalue weighted by Crippen LogP contribution is 2.34. The Bertz CT molecular complexity index is 453. The van der Waals surface area contributed by atoms with E-state index in [1.54, 1.807) is 0 Å². The highest BCUT2D eigenvalue weighted by atomic mass is 16.5. The van der Waals surface area contributed by atoms with Gasteiger partial charge < -0.3 is 4.74 Å². The predicted molar refractivity (Wildman–Crippen MR) is 91.1 cm³/mol. The monoisotopic (exact) mass is 302 g/mol. The smallest absolute Gasteiger partial charge is 0.339 e. The lowest BCUT2D eigenvalue weighted by Crippen LogP contribution is -1.98. The molecular formula is C20H30O2. The summed E-state index contributed by atoms with van der Waals surface area (Å²) in [6.45, 7) is 2.26. The third kappa shape index (κ3) is 5.15. The minimum absolute atomic E-state index is 0.00209. The molecule has 2 nitrogen and oxygen atoms in total. The average molecular weight is 302 g/mol. The molecule has 122 valence electrons. The van der Waals surface area contributed by atoms with Crippen molar-refractivity contribution in [3.8, 4) is 0 Å². The zero-order valence-corrected chi connectivity index (χ0v) is 14.0. The lowest BCUT2D eigenvalue weighted by atomic mass is 10.00. The van der Waals surface area contributed by atoms with Crippen molar-refractivity contribution in [2.24, 2.45) is 0 Å². The average Bonchev–Trinajstić information content (AvgIpc) is 2.86. The van der Waals surface area contributed by atoms with E-state index in [2.05, 4.69) is 6.92 Å². The molecule has 0 spiro atoms. The normalized spacial score (nSPS) is 16.6. The summed E-state index contributed by atoms with van der Waals surface area (Å²) in [7, 11) is 0.